The highest BCUT2D eigenvalue weighted by Gasteiger charge is 2.16. The van der Waals surface area contributed by atoms with Gasteiger partial charge < -0.3 is 10.4 Å². The van der Waals surface area contributed by atoms with E-state index >= 15 is 0 Å². The fourth-order valence-corrected chi connectivity index (χ4v) is 2.97. The molecule has 2 aromatic carbocycles. The van der Waals surface area contributed by atoms with E-state index in [4.69, 9.17) is 0 Å². The Kier molecular flexibility index (Phi) is 5.09. The van der Waals surface area contributed by atoms with Gasteiger partial charge in [-0.1, -0.05) is 35.5 Å². The van der Waals surface area contributed by atoms with E-state index in [2.05, 4.69) is 15.6 Å². The number of aliphatic hydroxyl groups excluding tert-OH is 1. The van der Waals surface area contributed by atoms with Crippen molar-refractivity contribution in [3.63, 3.8) is 0 Å². The molecule has 0 radical (unpaired) electrons. The van der Waals surface area contributed by atoms with Crippen LogP contribution in [0.5, 0.6) is 0 Å². The minimum atomic E-state index is -0.432. The van der Waals surface area contributed by atoms with Gasteiger partial charge in [0.25, 0.3) is 5.91 Å². The van der Waals surface area contributed by atoms with Crippen molar-refractivity contribution in [2.75, 3.05) is 6.54 Å². The molecule has 3 aromatic rings. The SMILES string of the molecule is CC(O)CC(CNC(=O)c1ccc2c(c1)nnn2C)c1ccccc1. The molecule has 6 nitrogen and oxygen atoms in total. The summed E-state index contributed by atoms with van der Waals surface area (Å²) in [7, 11) is 1.82. The Morgan fingerprint density at radius 2 is 2.00 bits per heavy atom. The van der Waals surface area contributed by atoms with Crippen LogP contribution in [-0.4, -0.2) is 38.7 Å². The first-order valence-electron chi connectivity index (χ1n) is 8.35. The van der Waals surface area contributed by atoms with Gasteiger partial charge in [-0.05, 0) is 37.1 Å². The van der Waals surface area contributed by atoms with Crippen LogP contribution in [0.25, 0.3) is 11.0 Å². The van der Waals surface area contributed by atoms with Gasteiger partial charge in [-0.3, -0.25) is 4.79 Å². The highest BCUT2D eigenvalue weighted by molar-refractivity contribution is 5.97. The summed E-state index contributed by atoms with van der Waals surface area (Å²) in [5.74, 6) is -0.0931. The summed E-state index contributed by atoms with van der Waals surface area (Å²) in [6.45, 7) is 2.23. The van der Waals surface area contributed by atoms with Gasteiger partial charge in [0.05, 0.1) is 11.6 Å². The number of carbonyl (C=O) groups excluding carboxylic acids is 1. The second kappa shape index (κ2) is 7.44. The summed E-state index contributed by atoms with van der Waals surface area (Å²) in [5, 5.41) is 20.7. The molecule has 0 aliphatic heterocycles. The first kappa shape index (κ1) is 17.1. The number of amides is 1. The van der Waals surface area contributed by atoms with Gasteiger partial charge in [0, 0.05) is 25.1 Å². The van der Waals surface area contributed by atoms with Crippen LogP contribution in [-0.2, 0) is 7.05 Å². The van der Waals surface area contributed by atoms with Gasteiger partial charge in [-0.25, -0.2) is 4.68 Å². The van der Waals surface area contributed by atoms with Crippen molar-refractivity contribution >= 4 is 16.9 Å². The topological polar surface area (TPSA) is 80.0 Å². The molecule has 2 atom stereocenters. The zero-order chi connectivity index (χ0) is 17.8. The first-order valence-corrected chi connectivity index (χ1v) is 8.35. The summed E-state index contributed by atoms with van der Waals surface area (Å²) < 4.78 is 1.67. The molecular formula is C19H22N4O2. The molecule has 2 unspecified atom stereocenters. The lowest BCUT2D eigenvalue weighted by atomic mass is 9.93. The summed E-state index contributed by atoms with van der Waals surface area (Å²) in [6.07, 6.45) is 0.158. The third kappa shape index (κ3) is 4.03. The Morgan fingerprint density at radius 3 is 2.72 bits per heavy atom. The van der Waals surface area contributed by atoms with E-state index in [0.717, 1.165) is 11.1 Å². The maximum absolute atomic E-state index is 12.5. The number of hydrogen-bond acceptors (Lipinski definition) is 4. The van der Waals surface area contributed by atoms with Crippen molar-refractivity contribution < 1.29 is 9.90 Å². The monoisotopic (exact) mass is 338 g/mol. The van der Waals surface area contributed by atoms with Crippen LogP contribution < -0.4 is 5.32 Å². The Hall–Kier alpha value is -2.73. The van der Waals surface area contributed by atoms with Crippen LogP contribution in [0, 0.1) is 0 Å². The molecule has 0 saturated heterocycles. The summed E-state index contributed by atoms with van der Waals surface area (Å²) >= 11 is 0. The van der Waals surface area contributed by atoms with Gasteiger partial charge in [0.1, 0.15) is 5.52 Å². The number of fused-ring (bicyclic) bond motifs is 1. The third-order valence-electron chi connectivity index (χ3n) is 4.28. The molecule has 0 saturated carbocycles. The fourth-order valence-electron chi connectivity index (χ4n) is 2.97. The normalized spacial score (nSPS) is 13.6. The molecule has 130 valence electrons. The lowest BCUT2D eigenvalue weighted by Crippen LogP contribution is -2.29. The second-order valence-corrected chi connectivity index (χ2v) is 6.32. The van der Waals surface area contributed by atoms with E-state index < -0.39 is 6.10 Å². The highest BCUT2D eigenvalue weighted by Crippen LogP contribution is 2.21. The number of aromatic nitrogens is 3. The first-order chi connectivity index (χ1) is 12.0. The minimum absolute atomic E-state index is 0.0606. The Bertz CT molecular complexity index is 858. The smallest absolute Gasteiger partial charge is 0.251 e. The molecule has 1 aromatic heterocycles. The van der Waals surface area contributed by atoms with E-state index in [-0.39, 0.29) is 11.8 Å². The molecule has 0 aliphatic rings. The predicted octanol–water partition coefficient (Wildman–Crippen LogP) is 2.25. The van der Waals surface area contributed by atoms with Crippen molar-refractivity contribution in [3.05, 3.63) is 59.7 Å². The van der Waals surface area contributed by atoms with E-state index in [1.165, 1.54) is 0 Å². The third-order valence-corrected chi connectivity index (χ3v) is 4.28. The summed E-state index contributed by atoms with van der Waals surface area (Å²) in [4.78, 5) is 12.5. The number of carbonyl (C=O) groups is 1. The average molecular weight is 338 g/mol. The average Bonchev–Trinajstić information content (AvgIpc) is 2.99. The van der Waals surface area contributed by atoms with E-state index in [1.807, 2.05) is 43.4 Å². The van der Waals surface area contributed by atoms with Crippen LogP contribution in [0.4, 0.5) is 0 Å². The lowest BCUT2D eigenvalue weighted by molar-refractivity contribution is 0.0945. The summed E-state index contributed by atoms with van der Waals surface area (Å²) in [5.41, 5.74) is 3.23. The number of aliphatic hydroxyl groups is 1. The molecular weight excluding hydrogens is 316 g/mol. The van der Waals surface area contributed by atoms with Crippen LogP contribution in [0.1, 0.15) is 35.2 Å². The molecule has 2 N–H and O–H groups in total. The van der Waals surface area contributed by atoms with Crippen LogP contribution in [0.3, 0.4) is 0 Å². The van der Waals surface area contributed by atoms with Crippen LogP contribution in [0.2, 0.25) is 0 Å². The van der Waals surface area contributed by atoms with Crippen molar-refractivity contribution in [2.24, 2.45) is 7.05 Å². The van der Waals surface area contributed by atoms with E-state index in [0.29, 0.717) is 24.0 Å². The maximum atomic E-state index is 12.5. The van der Waals surface area contributed by atoms with Crippen LogP contribution >= 0.6 is 0 Å². The number of nitrogens with one attached hydrogen (secondary N) is 1. The van der Waals surface area contributed by atoms with Gasteiger partial charge in [-0.15, -0.1) is 5.10 Å². The number of nitrogens with zero attached hydrogens (tertiary/aromatic N) is 3. The standard InChI is InChI=1S/C19H22N4O2/c1-13(24)10-16(14-6-4-3-5-7-14)12-20-19(25)15-8-9-18-17(11-15)21-22-23(18)2/h3-9,11,13,16,24H,10,12H2,1-2H3,(H,20,25). The lowest BCUT2D eigenvalue weighted by Gasteiger charge is -2.19. The molecule has 6 heteroatoms. The zero-order valence-electron chi connectivity index (χ0n) is 14.4. The Morgan fingerprint density at radius 1 is 1.24 bits per heavy atom. The molecule has 1 heterocycles. The molecule has 3 rings (SSSR count). The second-order valence-electron chi connectivity index (χ2n) is 6.32. The van der Waals surface area contributed by atoms with Crippen LogP contribution in [0.15, 0.2) is 48.5 Å². The number of benzene rings is 2. The van der Waals surface area contributed by atoms with Gasteiger partial charge in [-0.2, -0.15) is 0 Å². The highest BCUT2D eigenvalue weighted by atomic mass is 16.3. The molecule has 0 fully saturated rings. The van der Waals surface area contributed by atoms with Crippen molar-refractivity contribution in [3.8, 4) is 0 Å². The minimum Gasteiger partial charge on any atom is -0.393 e. The molecule has 1 amide bonds. The largest absolute Gasteiger partial charge is 0.393 e. The predicted molar refractivity (Wildman–Crippen MR) is 96.3 cm³/mol. The number of rotatable bonds is 6. The van der Waals surface area contributed by atoms with E-state index in [1.54, 1.807) is 23.7 Å². The molecule has 25 heavy (non-hydrogen) atoms. The maximum Gasteiger partial charge on any atom is 0.251 e. The van der Waals surface area contributed by atoms with Gasteiger partial charge >= 0.3 is 0 Å². The summed E-state index contributed by atoms with van der Waals surface area (Å²) in [6, 6.07) is 15.3. The fraction of sp³-hybridized carbons (Fsp3) is 0.316. The molecule has 0 bridgehead atoms. The van der Waals surface area contributed by atoms with Crippen molar-refractivity contribution in [1.82, 2.24) is 20.3 Å². The van der Waals surface area contributed by atoms with Crippen molar-refractivity contribution in [1.29, 1.82) is 0 Å². The van der Waals surface area contributed by atoms with E-state index in [9.17, 15) is 9.90 Å². The Balaban J connectivity index is 1.71. The van der Waals surface area contributed by atoms with Gasteiger partial charge in [0.15, 0.2) is 0 Å². The molecule has 0 aliphatic carbocycles. The number of hydrogen-bond donors (Lipinski definition) is 2. The van der Waals surface area contributed by atoms with Crippen molar-refractivity contribution in [2.45, 2.75) is 25.4 Å². The molecule has 0 spiro atoms. The Labute approximate surface area is 146 Å². The quantitative estimate of drug-likeness (QED) is 0.722. The zero-order valence-corrected chi connectivity index (χ0v) is 14.4. The van der Waals surface area contributed by atoms with Gasteiger partial charge in [0.2, 0.25) is 0 Å². The number of aryl methyl sites for hydroxylation is 1.